The summed E-state index contributed by atoms with van der Waals surface area (Å²) in [6, 6.07) is 0. The Labute approximate surface area is 114 Å². The summed E-state index contributed by atoms with van der Waals surface area (Å²) in [5.41, 5.74) is -0.878. The number of unbranched alkanes of at least 4 members (excludes halogenated alkanes) is 7. The average molecular weight is 252 g/mol. The van der Waals surface area contributed by atoms with Gasteiger partial charge in [-0.2, -0.15) is 0 Å². The third-order valence-corrected chi connectivity index (χ3v) is 4.09. The number of aliphatic hydroxyl groups is 1. The van der Waals surface area contributed by atoms with Gasteiger partial charge in [-0.15, -0.1) is 6.42 Å². The molecule has 2 atom stereocenters. The highest BCUT2D eigenvalue weighted by Gasteiger charge is 2.29. The Morgan fingerprint density at radius 2 is 1.50 bits per heavy atom. The predicted octanol–water partition coefficient (Wildman–Crippen LogP) is 4.93. The van der Waals surface area contributed by atoms with E-state index in [1.807, 2.05) is 6.92 Å². The molecule has 0 spiro atoms. The number of hydrogen-bond donors (Lipinski definition) is 1. The molecule has 1 N–H and O–H groups in total. The molecule has 0 bridgehead atoms. The average Bonchev–Trinajstić information content (AvgIpc) is 2.40. The van der Waals surface area contributed by atoms with Gasteiger partial charge in [-0.3, -0.25) is 0 Å². The Morgan fingerprint density at radius 3 is 1.94 bits per heavy atom. The minimum Gasteiger partial charge on any atom is -0.377 e. The zero-order chi connectivity index (χ0) is 13.9. The van der Waals surface area contributed by atoms with Crippen LogP contribution in [0.4, 0.5) is 0 Å². The second-order valence-electron chi connectivity index (χ2n) is 5.60. The monoisotopic (exact) mass is 252 g/mol. The first-order valence-electron chi connectivity index (χ1n) is 7.80. The normalized spacial score (nSPS) is 15.9. The van der Waals surface area contributed by atoms with Gasteiger partial charge in [-0.1, -0.05) is 71.6 Å². The van der Waals surface area contributed by atoms with Crippen LogP contribution in [0.1, 0.15) is 85.0 Å². The van der Waals surface area contributed by atoms with Crippen LogP contribution in [-0.2, 0) is 0 Å². The van der Waals surface area contributed by atoms with E-state index < -0.39 is 5.60 Å². The molecule has 0 aliphatic carbocycles. The lowest BCUT2D eigenvalue weighted by molar-refractivity contribution is 0.0330. The van der Waals surface area contributed by atoms with Crippen molar-refractivity contribution in [2.75, 3.05) is 0 Å². The molecule has 0 rings (SSSR count). The van der Waals surface area contributed by atoms with Crippen LogP contribution in [0.15, 0.2) is 0 Å². The van der Waals surface area contributed by atoms with Crippen molar-refractivity contribution < 1.29 is 5.11 Å². The van der Waals surface area contributed by atoms with Gasteiger partial charge >= 0.3 is 0 Å². The summed E-state index contributed by atoms with van der Waals surface area (Å²) in [5.74, 6) is 2.80. The third-order valence-electron chi connectivity index (χ3n) is 4.09. The maximum Gasteiger partial charge on any atom is 0.127 e. The van der Waals surface area contributed by atoms with E-state index in [0.29, 0.717) is 0 Å². The fourth-order valence-electron chi connectivity index (χ4n) is 2.33. The van der Waals surface area contributed by atoms with Gasteiger partial charge in [0.15, 0.2) is 0 Å². The van der Waals surface area contributed by atoms with Crippen LogP contribution in [0, 0.1) is 18.3 Å². The van der Waals surface area contributed by atoms with Gasteiger partial charge in [0.1, 0.15) is 5.60 Å². The standard InChI is InChI=1S/C17H32O/c1-5-8-9-10-11-12-13-14-15-17(18,7-3)16(4)6-2/h3,16,18H,5-6,8-15H2,1-2,4H3. The fraction of sp³-hybridized carbons (Fsp3) is 0.882. The van der Waals surface area contributed by atoms with Crippen molar-refractivity contribution in [1.29, 1.82) is 0 Å². The van der Waals surface area contributed by atoms with Crippen LogP contribution in [0.3, 0.4) is 0 Å². The van der Waals surface area contributed by atoms with Gasteiger partial charge in [-0.05, 0) is 25.2 Å². The second-order valence-corrected chi connectivity index (χ2v) is 5.60. The molecule has 0 amide bonds. The van der Waals surface area contributed by atoms with E-state index in [1.54, 1.807) is 0 Å². The Kier molecular flexibility index (Phi) is 10.2. The minimum absolute atomic E-state index is 0.201. The molecule has 0 heterocycles. The van der Waals surface area contributed by atoms with Crippen molar-refractivity contribution in [3.05, 3.63) is 0 Å². The van der Waals surface area contributed by atoms with E-state index in [-0.39, 0.29) is 5.92 Å². The maximum absolute atomic E-state index is 10.3. The van der Waals surface area contributed by atoms with Crippen LogP contribution < -0.4 is 0 Å². The summed E-state index contributed by atoms with van der Waals surface area (Å²) >= 11 is 0. The molecular weight excluding hydrogens is 220 g/mol. The Balaban J connectivity index is 3.61. The molecule has 2 unspecified atom stereocenters. The molecule has 0 radical (unpaired) electrons. The summed E-state index contributed by atoms with van der Waals surface area (Å²) < 4.78 is 0. The van der Waals surface area contributed by atoms with E-state index in [0.717, 1.165) is 19.3 Å². The summed E-state index contributed by atoms with van der Waals surface area (Å²) in [6.45, 7) is 6.38. The zero-order valence-corrected chi connectivity index (χ0v) is 12.7. The molecule has 0 saturated carbocycles. The Bertz CT molecular complexity index is 228. The number of hydrogen-bond acceptors (Lipinski definition) is 1. The van der Waals surface area contributed by atoms with Crippen LogP contribution in [0.2, 0.25) is 0 Å². The molecule has 0 saturated heterocycles. The molecule has 0 aromatic rings. The van der Waals surface area contributed by atoms with Crippen molar-refractivity contribution in [1.82, 2.24) is 0 Å². The van der Waals surface area contributed by atoms with E-state index in [2.05, 4.69) is 19.8 Å². The largest absolute Gasteiger partial charge is 0.377 e. The van der Waals surface area contributed by atoms with Crippen molar-refractivity contribution in [3.8, 4) is 12.3 Å². The van der Waals surface area contributed by atoms with E-state index in [1.165, 1.54) is 44.9 Å². The molecule has 0 fully saturated rings. The van der Waals surface area contributed by atoms with Crippen molar-refractivity contribution in [2.24, 2.45) is 5.92 Å². The molecule has 18 heavy (non-hydrogen) atoms. The molecule has 0 aromatic heterocycles. The van der Waals surface area contributed by atoms with Gasteiger partial charge in [-0.25, -0.2) is 0 Å². The smallest absolute Gasteiger partial charge is 0.127 e. The van der Waals surface area contributed by atoms with E-state index in [4.69, 9.17) is 6.42 Å². The molecule has 0 aliphatic heterocycles. The lowest BCUT2D eigenvalue weighted by Crippen LogP contribution is -2.34. The lowest BCUT2D eigenvalue weighted by Gasteiger charge is -2.28. The molecule has 106 valence electrons. The second kappa shape index (κ2) is 10.4. The highest BCUT2D eigenvalue weighted by atomic mass is 16.3. The van der Waals surface area contributed by atoms with Crippen molar-refractivity contribution >= 4 is 0 Å². The summed E-state index contributed by atoms with van der Waals surface area (Å²) in [6.07, 6.45) is 17.5. The summed E-state index contributed by atoms with van der Waals surface area (Å²) in [7, 11) is 0. The minimum atomic E-state index is -0.878. The van der Waals surface area contributed by atoms with E-state index >= 15 is 0 Å². The van der Waals surface area contributed by atoms with Crippen LogP contribution in [-0.4, -0.2) is 10.7 Å². The van der Waals surface area contributed by atoms with Crippen LogP contribution in [0.25, 0.3) is 0 Å². The topological polar surface area (TPSA) is 20.2 Å². The zero-order valence-electron chi connectivity index (χ0n) is 12.7. The quantitative estimate of drug-likeness (QED) is 0.408. The van der Waals surface area contributed by atoms with Gasteiger partial charge in [0, 0.05) is 0 Å². The molecule has 1 heteroatoms. The lowest BCUT2D eigenvalue weighted by atomic mass is 9.83. The predicted molar refractivity (Wildman–Crippen MR) is 80.5 cm³/mol. The first-order valence-corrected chi connectivity index (χ1v) is 7.80. The SMILES string of the molecule is C#CC(O)(CCCCCCCCCC)C(C)CC. The van der Waals surface area contributed by atoms with Gasteiger partial charge in [0.2, 0.25) is 0 Å². The maximum atomic E-state index is 10.3. The molecule has 1 nitrogen and oxygen atoms in total. The first kappa shape index (κ1) is 17.5. The number of terminal acetylenes is 1. The van der Waals surface area contributed by atoms with Crippen LogP contribution >= 0.6 is 0 Å². The first-order chi connectivity index (χ1) is 8.60. The fourth-order valence-corrected chi connectivity index (χ4v) is 2.33. The van der Waals surface area contributed by atoms with Gasteiger partial charge in [0.25, 0.3) is 0 Å². The van der Waals surface area contributed by atoms with Crippen LogP contribution in [0.5, 0.6) is 0 Å². The molecular formula is C17H32O. The number of rotatable bonds is 11. The van der Waals surface area contributed by atoms with Crippen molar-refractivity contribution in [2.45, 2.75) is 90.6 Å². The Hall–Kier alpha value is -0.480. The van der Waals surface area contributed by atoms with Gasteiger partial charge < -0.3 is 5.11 Å². The molecule has 0 aliphatic rings. The Morgan fingerprint density at radius 1 is 1.00 bits per heavy atom. The highest BCUT2D eigenvalue weighted by Crippen LogP contribution is 2.26. The van der Waals surface area contributed by atoms with E-state index in [9.17, 15) is 5.11 Å². The molecule has 0 aromatic carbocycles. The van der Waals surface area contributed by atoms with Gasteiger partial charge in [0.05, 0.1) is 0 Å². The summed E-state index contributed by atoms with van der Waals surface area (Å²) in [4.78, 5) is 0. The third kappa shape index (κ3) is 7.07. The van der Waals surface area contributed by atoms with Crippen molar-refractivity contribution in [3.63, 3.8) is 0 Å². The highest BCUT2D eigenvalue weighted by molar-refractivity contribution is 5.09. The summed E-state index contributed by atoms with van der Waals surface area (Å²) in [5, 5.41) is 10.3.